The van der Waals surface area contributed by atoms with Crippen molar-refractivity contribution < 1.29 is 14.6 Å². The Kier molecular flexibility index (Phi) is 6.83. The molecule has 0 saturated heterocycles. The summed E-state index contributed by atoms with van der Waals surface area (Å²) >= 11 is 0. The molecule has 5 nitrogen and oxygen atoms in total. The number of aryl methyl sites for hydroxylation is 2. The maximum atomic E-state index is 12.2. The first-order chi connectivity index (χ1) is 12.1. The molecule has 0 unspecified atom stereocenters. The van der Waals surface area contributed by atoms with E-state index in [1.807, 2.05) is 18.2 Å². The summed E-state index contributed by atoms with van der Waals surface area (Å²) in [5.74, 6) is 0.727. The molecule has 0 saturated carbocycles. The Morgan fingerprint density at radius 1 is 1.08 bits per heavy atom. The van der Waals surface area contributed by atoms with Gasteiger partial charge in [0.1, 0.15) is 5.75 Å². The van der Waals surface area contributed by atoms with Crippen molar-refractivity contribution in [3.63, 3.8) is 0 Å². The van der Waals surface area contributed by atoms with Gasteiger partial charge < -0.3 is 20.5 Å². The van der Waals surface area contributed by atoms with Gasteiger partial charge in [0.15, 0.2) is 0 Å². The summed E-state index contributed by atoms with van der Waals surface area (Å²) < 4.78 is 5.10. The number of carbonyl (C=O) groups excluding carboxylic acids is 1. The molecule has 0 aliphatic heterocycles. The molecule has 5 heteroatoms. The average molecular weight is 342 g/mol. The molecule has 2 aromatic carbocycles. The number of hydrogen-bond donors (Lipinski definition) is 3. The summed E-state index contributed by atoms with van der Waals surface area (Å²) in [6.07, 6.45) is 0.916. The molecular formula is C20H26N2O3. The van der Waals surface area contributed by atoms with Gasteiger partial charge in [-0.2, -0.15) is 0 Å². The van der Waals surface area contributed by atoms with Crippen LogP contribution in [0.4, 0.5) is 10.5 Å². The van der Waals surface area contributed by atoms with E-state index in [0.717, 1.165) is 41.0 Å². The van der Waals surface area contributed by atoms with Gasteiger partial charge in [0, 0.05) is 12.2 Å². The molecule has 0 spiro atoms. The van der Waals surface area contributed by atoms with Gasteiger partial charge in [-0.05, 0) is 41.7 Å². The Balaban J connectivity index is 1.96. The molecule has 134 valence electrons. The number of nitrogens with one attached hydrogen (secondary N) is 2. The zero-order valence-corrected chi connectivity index (χ0v) is 15.0. The van der Waals surface area contributed by atoms with Crippen molar-refractivity contribution in [3.05, 3.63) is 59.2 Å². The van der Waals surface area contributed by atoms with E-state index >= 15 is 0 Å². The number of anilines is 1. The van der Waals surface area contributed by atoms with Crippen molar-refractivity contribution in [2.24, 2.45) is 0 Å². The molecule has 1 atom stereocenters. The van der Waals surface area contributed by atoms with Crippen molar-refractivity contribution in [3.8, 4) is 5.75 Å². The minimum absolute atomic E-state index is 0.133. The molecule has 0 fully saturated rings. The summed E-state index contributed by atoms with van der Waals surface area (Å²) in [5.41, 5.74) is 3.80. The molecule has 0 aliphatic rings. The van der Waals surface area contributed by atoms with Crippen LogP contribution in [0.2, 0.25) is 0 Å². The zero-order valence-electron chi connectivity index (χ0n) is 15.0. The number of hydrogen-bond acceptors (Lipinski definition) is 3. The molecule has 3 N–H and O–H groups in total. The Morgan fingerprint density at radius 2 is 1.68 bits per heavy atom. The quantitative estimate of drug-likeness (QED) is 0.719. The van der Waals surface area contributed by atoms with Crippen LogP contribution in [0.3, 0.4) is 0 Å². The van der Waals surface area contributed by atoms with E-state index in [9.17, 15) is 9.90 Å². The van der Waals surface area contributed by atoms with Crippen LogP contribution in [0.15, 0.2) is 42.5 Å². The highest BCUT2D eigenvalue weighted by molar-refractivity contribution is 5.91. The second-order valence-corrected chi connectivity index (χ2v) is 5.78. The van der Waals surface area contributed by atoms with Gasteiger partial charge in [-0.3, -0.25) is 0 Å². The lowest BCUT2D eigenvalue weighted by molar-refractivity contribution is 0.175. The van der Waals surface area contributed by atoms with Gasteiger partial charge in [-0.1, -0.05) is 44.2 Å². The third-order valence-corrected chi connectivity index (χ3v) is 4.19. The molecule has 25 heavy (non-hydrogen) atoms. The van der Waals surface area contributed by atoms with Crippen molar-refractivity contribution in [1.82, 2.24) is 5.32 Å². The number of aliphatic hydroxyl groups is 1. The van der Waals surface area contributed by atoms with E-state index in [2.05, 4.69) is 24.5 Å². The highest BCUT2D eigenvalue weighted by Crippen LogP contribution is 2.22. The summed E-state index contributed by atoms with van der Waals surface area (Å²) in [7, 11) is 1.59. The lowest BCUT2D eigenvalue weighted by Crippen LogP contribution is -2.33. The van der Waals surface area contributed by atoms with Gasteiger partial charge in [0.25, 0.3) is 0 Å². The number of carbonyl (C=O) groups is 1. The first-order valence-corrected chi connectivity index (χ1v) is 8.56. The molecular weight excluding hydrogens is 316 g/mol. The SMILES string of the molecule is CCc1cccc(CC)c1NC(=O)NC[C@@H](O)c1ccc(OC)cc1. The van der Waals surface area contributed by atoms with Crippen LogP contribution in [0.25, 0.3) is 0 Å². The van der Waals surface area contributed by atoms with Crippen LogP contribution < -0.4 is 15.4 Å². The number of aliphatic hydroxyl groups excluding tert-OH is 1. The van der Waals surface area contributed by atoms with Crippen molar-refractivity contribution in [2.45, 2.75) is 32.8 Å². The molecule has 0 radical (unpaired) electrons. The van der Waals surface area contributed by atoms with Crippen molar-refractivity contribution in [2.75, 3.05) is 19.0 Å². The van der Waals surface area contributed by atoms with Crippen molar-refractivity contribution >= 4 is 11.7 Å². The second kappa shape index (κ2) is 9.08. The van der Waals surface area contributed by atoms with Crippen LogP contribution in [0.1, 0.15) is 36.6 Å². The van der Waals surface area contributed by atoms with E-state index in [0.29, 0.717) is 0 Å². The number of ether oxygens (including phenoxy) is 1. The Bertz CT molecular complexity index is 676. The minimum atomic E-state index is -0.774. The molecule has 0 bridgehead atoms. The number of urea groups is 1. The normalized spacial score (nSPS) is 11.7. The van der Waals surface area contributed by atoms with Crippen LogP contribution in [0, 0.1) is 0 Å². The van der Waals surface area contributed by atoms with Crippen LogP contribution in [0.5, 0.6) is 5.75 Å². The third kappa shape index (κ3) is 4.97. The van der Waals surface area contributed by atoms with E-state index in [4.69, 9.17) is 4.74 Å². The maximum Gasteiger partial charge on any atom is 0.319 e. The summed E-state index contributed by atoms with van der Waals surface area (Å²) in [4.78, 5) is 12.2. The second-order valence-electron chi connectivity index (χ2n) is 5.78. The van der Waals surface area contributed by atoms with Crippen LogP contribution in [-0.2, 0) is 12.8 Å². The van der Waals surface area contributed by atoms with Gasteiger partial charge >= 0.3 is 6.03 Å². The largest absolute Gasteiger partial charge is 0.497 e. The highest BCUT2D eigenvalue weighted by Gasteiger charge is 2.12. The number of rotatable bonds is 7. The molecule has 0 aromatic heterocycles. The van der Waals surface area contributed by atoms with E-state index in [1.54, 1.807) is 31.4 Å². The lowest BCUT2D eigenvalue weighted by Gasteiger charge is -2.16. The Labute approximate surface area is 149 Å². The molecule has 2 rings (SSSR count). The first-order valence-electron chi connectivity index (χ1n) is 8.56. The molecule has 2 aromatic rings. The smallest absolute Gasteiger partial charge is 0.319 e. The van der Waals surface area contributed by atoms with Crippen LogP contribution >= 0.6 is 0 Å². The zero-order chi connectivity index (χ0) is 18.2. The Morgan fingerprint density at radius 3 is 2.20 bits per heavy atom. The number of benzene rings is 2. The lowest BCUT2D eigenvalue weighted by atomic mass is 10.0. The van der Waals surface area contributed by atoms with Gasteiger partial charge in [-0.15, -0.1) is 0 Å². The highest BCUT2D eigenvalue weighted by atomic mass is 16.5. The van der Waals surface area contributed by atoms with E-state index in [1.165, 1.54) is 0 Å². The molecule has 0 aliphatic carbocycles. The topological polar surface area (TPSA) is 70.6 Å². The van der Waals surface area contributed by atoms with Gasteiger partial charge in [0.2, 0.25) is 0 Å². The fourth-order valence-corrected chi connectivity index (χ4v) is 2.69. The molecule has 0 heterocycles. The molecule has 2 amide bonds. The summed E-state index contributed by atoms with van der Waals surface area (Å²) in [5, 5.41) is 15.9. The summed E-state index contributed by atoms with van der Waals surface area (Å²) in [6, 6.07) is 12.8. The fourth-order valence-electron chi connectivity index (χ4n) is 2.69. The minimum Gasteiger partial charge on any atom is -0.497 e. The van der Waals surface area contributed by atoms with Crippen LogP contribution in [-0.4, -0.2) is 24.8 Å². The van der Waals surface area contributed by atoms with Gasteiger partial charge in [0.05, 0.1) is 13.2 Å². The predicted molar refractivity (Wildman–Crippen MR) is 100 cm³/mol. The van der Waals surface area contributed by atoms with E-state index < -0.39 is 6.10 Å². The predicted octanol–water partition coefficient (Wildman–Crippen LogP) is 3.68. The number of amides is 2. The van der Waals surface area contributed by atoms with Gasteiger partial charge in [-0.25, -0.2) is 4.79 Å². The average Bonchev–Trinajstić information content (AvgIpc) is 2.66. The monoisotopic (exact) mass is 342 g/mol. The number of para-hydroxylation sites is 1. The van der Waals surface area contributed by atoms with Crippen molar-refractivity contribution in [1.29, 1.82) is 0 Å². The fraction of sp³-hybridized carbons (Fsp3) is 0.350. The number of methoxy groups -OCH3 is 1. The first kappa shape index (κ1) is 18.8. The summed E-state index contributed by atoms with van der Waals surface area (Å²) in [6.45, 7) is 4.25. The third-order valence-electron chi connectivity index (χ3n) is 4.19. The van der Waals surface area contributed by atoms with E-state index in [-0.39, 0.29) is 12.6 Å². The maximum absolute atomic E-state index is 12.2. The standard InChI is InChI=1S/C20H26N2O3/c1-4-14-7-6-8-15(5-2)19(14)22-20(24)21-13-18(23)16-9-11-17(25-3)12-10-16/h6-12,18,23H,4-5,13H2,1-3H3,(H2,21,22,24)/t18-/m1/s1. The Hall–Kier alpha value is -2.53.